The number of hydrogen-bond acceptors (Lipinski definition) is 1. The van der Waals surface area contributed by atoms with Crippen molar-refractivity contribution in [3.8, 4) is 0 Å². The molecule has 0 spiro atoms. The number of allylic oxidation sites excluding steroid dienone is 6. The van der Waals surface area contributed by atoms with E-state index in [4.69, 9.17) is 0 Å². The monoisotopic (exact) mass is 286 g/mol. The van der Waals surface area contributed by atoms with Crippen molar-refractivity contribution in [2.45, 2.75) is 66.7 Å². The Bertz CT molecular complexity index is 502. The Kier molecular flexibility index (Phi) is 4.91. The van der Waals surface area contributed by atoms with E-state index >= 15 is 0 Å². The van der Waals surface area contributed by atoms with Crippen molar-refractivity contribution in [2.24, 2.45) is 17.3 Å². The molecule has 0 aromatic rings. The van der Waals surface area contributed by atoms with Crippen molar-refractivity contribution < 1.29 is 4.79 Å². The third-order valence-electron chi connectivity index (χ3n) is 5.52. The van der Waals surface area contributed by atoms with Gasteiger partial charge in [-0.2, -0.15) is 0 Å². The molecule has 0 aromatic heterocycles. The fourth-order valence-electron chi connectivity index (χ4n) is 3.60. The third-order valence-corrected chi connectivity index (χ3v) is 5.52. The van der Waals surface area contributed by atoms with Gasteiger partial charge in [0.25, 0.3) is 0 Å². The van der Waals surface area contributed by atoms with Crippen LogP contribution in [-0.4, -0.2) is 5.78 Å². The second-order valence-corrected chi connectivity index (χ2v) is 7.61. The van der Waals surface area contributed by atoms with Crippen LogP contribution in [0.5, 0.6) is 0 Å². The summed E-state index contributed by atoms with van der Waals surface area (Å²) in [7, 11) is 0. The molecule has 1 nitrogen and oxygen atoms in total. The summed E-state index contributed by atoms with van der Waals surface area (Å²) < 4.78 is 0. The fourth-order valence-corrected chi connectivity index (χ4v) is 3.60. The highest BCUT2D eigenvalue weighted by atomic mass is 16.1. The summed E-state index contributed by atoms with van der Waals surface area (Å²) in [5, 5.41) is 0. The van der Waals surface area contributed by atoms with E-state index in [-0.39, 0.29) is 5.78 Å². The van der Waals surface area contributed by atoms with Crippen molar-refractivity contribution in [2.75, 3.05) is 0 Å². The summed E-state index contributed by atoms with van der Waals surface area (Å²) >= 11 is 0. The molecular formula is C20H30O. The van der Waals surface area contributed by atoms with Crippen LogP contribution in [0.1, 0.15) is 66.7 Å². The van der Waals surface area contributed by atoms with Crippen molar-refractivity contribution >= 4 is 5.78 Å². The maximum absolute atomic E-state index is 12.1. The SMILES string of the molecule is C/C1=C\C2C(CC/C(C)=C/CC(=O)/C(C)=C/CC1)C2(C)C. The van der Waals surface area contributed by atoms with Crippen molar-refractivity contribution in [1.82, 2.24) is 0 Å². The zero-order valence-electron chi connectivity index (χ0n) is 14.3. The number of rotatable bonds is 0. The molecule has 1 heteroatoms. The first-order valence-corrected chi connectivity index (χ1v) is 8.35. The predicted molar refractivity (Wildman–Crippen MR) is 90.1 cm³/mol. The molecule has 2 atom stereocenters. The second kappa shape index (κ2) is 6.34. The first kappa shape index (κ1) is 16.3. The molecule has 1 saturated carbocycles. The Morgan fingerprint density at radius 1 is 1.05 bits per heavy atom. The smallest absolute Gasteiger partial charge is 0.162 e. The first-order chi connectivity index (χ1) is 9.82. The fraction of sp³-hybridized carbons (Fsp3) is 0.650. The normalized spacial score (nSPS) is 38.0. The van der Waals surface area contributed by atoms with Crippen LogP contribution in [0.4, 0.5) is 0 Å². The lowest BCUT2D eigenvalue weighted by atomic mass is 10.0. The van der Waals surface area contributed by atoms with E-state index in [1.807, 2.05) is 6.92 Å². The minimum atomic E-state index is 0.276. The Morgan fingerprint density at radius 2 is 1.76 bits per heavy atom. The van der Waals surface area contributed by atoms with Gasteiger partial charge in [0.15, 0.2) is 5.78 Å². The molecule has 0 bridgehead atoms. The number of carbonyl (C=O) groups excluding carboxylic acids is 1. The maximum Gasteiger partial charge on any atom is 0.162 e. The summed E-state index contributed by atoms with van der Waals surface area (Å²) in [6.07, 6.45) is 11.8. The van der Waals surface area contributed by atoms with Gasteiger partial charge in [-0.3, -0.25) is 4.79 Å². The standard InChI is InChI=1S/C20H30O/c1-14-9-11-17-18(20(17,4)5)13-15(2)7-6-8-16(3)19(21)12-10-14/h8,10,13,17-18H,6-7,9,11-12H2,1-5H3/b14-10+,15-13+,16-8+. The van der Waals surface area contributed by atoms with Crippen LogP contribution in [0.2, 0.25) is 0 Å². The Morgan fingerprint density at radius 3 is 2.48 bits per heavy atom. The molecule has 0 N–H and O–H groups in total. The van der Waals surface area contributed by atoms with E-state index in [1.54, 1.807) is 0 Å². The number of ketones is 1. The van der Waals surface area contributed by atoms with Gasteiger partial charge in [-0.1, -0.05) is 43.2 Å². The lowest BCUT2D eigenvalue weighted by Crippen LogP contribution is -1.98. The maximum atomic E-state index is 12.1. The van der Waals surface area contributed by atoms with Crippen molar-refractivity contribution in [3.63, 3.8) is 0 Å². The van der Waals surface area contributed by atoms with Crippen LogP contribution in [0.3, 0.4) is 0 Å². The van der Waals surface area contributed by atoms with Crippen LogP contribution in [0.15, 0.2) is 34.9 Å². The average molecular weight is 286 g/mol. The van der Waals surface area contributed by atoms with E-state index < -0.39 is 0 Å². The Labute approximate surface area is 130 Å². The molecule has 1 fully saturated rings. The highest BCUT2D eigenvalue weighted by Gasteiger charge is 2.55. The average Bonchev–Trinajstić information content (AvgIpc) is 2.92. The zero-order chi connectivity index (χ0) is 15.6. The molecule has 0 aromatic carbocycles. The number of carbonyl (C=O) groups is 1. The largest absolute Gasteiger partial charge is 0.294 e. The van der Waals surface area contributed by atoms with Crippen LogP contribution < -0.4 is 0 Å². The van der Waals surface area contributed by atoms with Crippen LogP contribution in [-0.2, 0) is 4.79 Å². The molecule has 0 amide bonds. The van der Waals surface area contributed by atoms with Crippen LogP contribution >= 0.6 is 0 Å². The topological polar surface area (TPSA) is 17.1 Å². The molecule has 2 aliphatic carbocycles. The van der Waals surface area contributed by atoms with E-state index in [0.29, 0.717) is 11.8 Å². The minimum absolute atomic E-state index is 0.276. The van der Waals surface area contributed by atoms with Gasteiger partial charge in [0, 0.05) is 6.42 Å². The van der Waals surface area contributed by atoms with E-state index in [1.165, 1.54) is 17.6 Å². The van der Waals surface area contributed by atoms with Gasteiger partial charge in [0.1, 0.15) is 0 Å². The van der Waals surface area contributed by atoms with Crippen LogP contribution in [0, 0.1) is 17.3 Å². The molecular weight excluding hydrogens is 256 g/mol. The number of hydrogen-bond donors (Lipinski definition) is 0. The molecule has 2 aliphatic rings. The second-order valence-electron chi connectivity index (χ2n) is 7.61. The molecule has 21 heavy (non-hydrogen) atoms. The number of fused-ring (bicyclic) bond motifs is 1. The van der Waals surface area contributed by atoms with E-state index in [9.17, 15) is 4.79 Å². The quantitative estimate of drug-likeness (QED) is 0.527. The summed E-state index contributed by atoms with van der Waals surface area (Å²) in [6.45, 7) is 11.2. The van der Waals surface area contributed by atoms with Gasteiger partial charge < -0.3 is 0 Å². The van der Waals surface area contributed by atoms with Gasteiger partial charge in [0.2, 0.25) is 0 Å². The van der Waals surface area contributed by atoms with Crippen molar-refractivity contribution in [3.05, 3.63) is 34.9 Å². The summed E-state index contributed by atoms with van der Waals surface area (Å²) in [6, 6.07) is 0. The predicted octanol–water partition coefficient (Wildman–Crippen LogP) is 5.63. The van der Waals surface area contributed by atoms with E-state index in [2.05, 4.69) is 45.9 Å². The molecule has 0 radical (unpaired) electrons. The summed E-state index contributed by atoms with van der Waals surface area (Å²) in [4.78, 5) is 12.1. The van der Waals surface area contributed by atoms with Crippen LogP contribution in [0.25, 0.3) is 0 Å². The lowest BCUT2D eigenvalue weighted by Gasteiger charge is -2.05. The number of Topliss-reactive ketones (excluding diaryl/α,β-unsaturated/α-hetero) is 1. The zero-order valence-corrected chi connectivity index (χ0v) is 14.3. The highest BCUT2D eigenvalue weighted by molar-refractivity contribution is 5.95. The molecule has 116 valence electrons. The molecule has 0 aliphatic heterocycles. The van der Waals surface area contributed by atoms with Gasteiger partial charge in [-0.15, -0.1) is 0 Å². The lowest BCUT2D eigenvalue weighted by molar-refractivity contribution is -0.114. The molecule has 2 rings (SSSR count). The summed E-state index contributed by atoms with van der Waals surface area (Å²) in [5.41, 5.74) is 4.24. The van der Waals surface area contributed by atoms with E-state index in [0.717, 1.165) is 36.7 Å². The minimum Gasteiger partial charge on any atom is -0.294 e. The summed E-state index contributed by atoms with van der Waals surface area (Å²) in [5.74, 6) is 1.84. The molecule has 2 unspecified atom stereocenters. The van der Waals surface area contributed by atoms with Gasteiger partial charge in [-0.25, -0.2) is 0 Å². The molecule has 0 heterocycles. The van der Waals surface area contributed by atoms with Crippen molar-refractivity contribution in [1.29, 1.82) is 0 Å². The first-order valence-electron chi connectivity index (χ1n) is 8.35. The Hall–Kier alpha value is -1.11. The highest BCUT2D eigenvalue weighted by Crippen LogP contribution is 2.61. The Balaban J connectivity index is 2.16. The van der Waals surface area contributed by atoms with Gasteiger partial charge in [0.05, 0.1) is 0 Å². The van der Waals surface area contributed by atoms with Gasteiger partial charge in [-0.05, 0) is 69.3 Å². The van der Waals surface area contributed by atoms with Gasteiger partial charge >= 0.3 is 0 Å². The molecule has 0 saturated heterocycles. The third kappa shape index (κ3) is 3.96.